The fraction of sp³-hybridized carbons (Fsp3) is 0.452. The SMILES string of the molecule is O=C1[C@@H]2[C@H](C(=O)N1NC(=O)C13CC4CC(CC(C4)C1)C3)[C@H](c1ccccc1)C=C[C@H]2c1ccccc1. The van der Waals surface area contributed by atoms with Crippen molar-refractivity contribution >= 4 is 17.7 Å². The van der Waals surface area contributed by atoms with E-state index in [1.54, 1.807) is 0 Å². The molecule has 5 aliphatic carbocycles. The highest BCUT2D eigenvalue weighted by Crippen LogP contribution is 2.60. The van der Waals surface area contributed by atoms with E-state index in [4.69, 9.17) is 0 Å². The second kappa shape index (κ2) is 8.16. The third kappa shape index (κ3) is 3.31. The summed E-state index contributed by atoms with van der Waals surface area (Å²) in [6.07, 6.45) is 10.6. The number of nitrogens with zero attached hydrogens (tertiary/aromatic N) is 1. The Labute approximate surface area is 211 Å². The van der Waals surface area contributed by atoms with Gasteiger partial charge in [-0.25, -0.2) is 0 Å². The molecule has 0 spiro atoms. The zero-order chi connectivity index (χ0) is 24.4. The molecule has 6 aliphatic rings. The lowest BCUT2D eigenvalue weighted by Crippen LogP contribution is -2.58. The van der Waals surface area contributed by atoms with Gasteiger partial charge in [0.2, 0.25) is 5.91 Å². The number of allylic oxidation sites excluding steroid dienone is 2. The lowest BCUT2D eigenvalue weighted by Gasteiger charge is -2.55. The number of nitrogens with one attached hydrogen (secondary N) is 1. The minimum Gasteiger partial charge on any atom is -0.273 e. The summed E-state index contributed by atoms with van der Waals surface area (Å²) in [4.78, 5) is 41.6. The Hall–Kier alpha value is -3.21. The molecule has 5 fully saturated rings. The molecule has 8 rings (SSSR count). The van der Waals surface area contributed by atoms with Crippen LogP contribution in [-0.4, -0.2) is 22.7 Å². The highest BCUT2D eigenvalue weighted by molar-refractivity contribution is 6.08. The van der Waals surface area contributed by atoms with E-state index in [0.29, 0.717) is 17.8 Å². The summed E-state index contributed by atoms with van der Waals surface area (Å²) >= 11 is 0. The zero-order valence-electron chi connectivity index (χ0n) is 20.4. The molecule has 1 heterocycles. The van der Waals surface area contributed by atoms with Gasteiger partial charge < -0.3 is 0 Å². The first kappa shape index (κ1) is 22.0. The summed E-state index contributed by atoms with van der Waals surface area (Å²) in [6, 6.07) is 19.9. The van der Waals surface area contributed by atoms with Gasteiger partial charge in [0.1, 0.15) is 0 Å². The molecule has 1 saturated heterocycles. The molecule has 2 aromatic carbocycles. The highest BCUT2D eigenvalue weighted by atomic mass is 16.2. The third-order valence-corrected chi connectivity index (χ3v) is 9.80. The number of amides is 3. The second-order valence-electron chi connectivity index (χ2n) is 12.0. The summed E-state index contributed by atoms with van der Waals surface area (Å²) in [5.41, 5.74) is 4.52. The number of hydrazine groups is 1. The average molecular weight is 481 g/mol. The quantitative estimate of drug-likeness (QED) is 0.496. The summed E-state index contributed by atoms with van der Waals surface area (Å²) in [6.45, 7) is 0. The Morgan fingerprint density at radius 3 is 1.53 bits per heavy atom. The van der Waals surface area contributed by atoms with E-state index in [1.807, 2.05) is 60.7 Å². The van der Waals surface area contributed by atoms with Gasteiger partial charge in [-0.2, -0.15) is 5.01 Å². The van der Waals surface area contributed by atoms with Gasteiger partial charge in [0.25, 0.3) is 11.8 Å². The maximum atomic E-state index is 13.9. The Balaban J connectivity index is 1.22. The summed E-state index contributed by atoms with van der Waals surface area (Å²) in [5.74, 6) is -0.287. The molecular weight excluding hydrogens is 448 g/mol. The molecule has 0 unspecified atom stereocenters. The Morgan fingerprint density at radius 2 is 1.11 bits per heavy atom. The molecule has 1 aliphatic heterocycles. The van der Waals surface area contributed by atoms with Crippen molar-refractivity contribution in [2.24, 2.45) is 35.0 Å². The van der Waals surface area contributed by atoms with Gasteiger partial charge in [-0.15, -0.1) is 0 Å². The first-order valence-corrected chi connectivity index (χ1v) is 13.5. The number of hydrogen-bond acceptors (Lipinski definition) is 3. The minimum atomic E-state index is -0.535. The van der Waals surface area contributed by atoms with E-state index in [-0.39, 0.29) is 29.6 Å². The third-order valence-electron chi connectivity index (χ3n) is 9.80. The fourth-order valence-electron chi connectivity index (χ4n) is 8.65. The van der Waals surface area contributed by atoms with Crippen LogP contribution in [0.15, 0.2) is 72.8 Å². The van der Waals surface area contributed by atoms with Crippen molar-refractivity contribution in [3.05, 3.63) is 83.9 Å². The minimum absolute atomic E-state index is 0.109. The predicted octanol–water partition coefficient (Wildman–Crippen LogP) is 4.97. The standard InChI is InChI=1S/C31H32N2O3/c34-28-26-24(22-7-3-1-4-8-22)11-12-25(23-9-5-2-6-10-23)27(26)29(35)33(28)32-30(36)31-16-19-13-20(17-31)15-21(14-19)18-31/h1-12,19-21,24-27H,13-18H2,(H,32,36)/t19?,20?,21?,24-,25-,26-,27+,31?/m0/s1. The lowest BCUT2D eigenvalue weighted by molar-refractivity contribution is -0.160. The number of fused-ring (bicyclic) bond motifs is 1. The van der Waals surface area contributed by atoms with Crippen LogP contribution in [0.1, 0.15) is 61.5 Å². The van der Waals surface area contributed by atoms with Gasteiger partial charge in [0.05, 0.1) is 17.3 Å². The largest absolute Gasteiger partial charge is 0.273 e. The molecule has 0 radical (unpaired) electrons. The van der Waals surface area contributed by atoms with Gasteiger partial charge in [0.15, 0.2) is 0 Å². The van der Waals surface area contributed by atoms with E-state index in [9.17, 15) is 14.4 Å². The molecule has 5 heteroatoms. The summed E-state index contributed by atoms with van der Waals surface area (Å²) in [5, 5.41) is 1.11. The van der Waals surface area contributed by atoms with Crippen LogP contribution in [0.3, 0.4) is 0 Å². The molecule has 184 valence electrons. The molecule has 4 saturated carbocycles. The predicted molar refractivity (Wildman–Crippen MR) is 135 cm³/mol. The van der Waals surface area contributed by atoms with Crippen molar-refractivity contribution in [3.8, 4) is 0 Å². The molecule has 5 nitrogen and oxygen atoms in total. The molecular formula is C31H32N2O3. The molecule has 2 aromatic rings. The maximum absolute atomic E-state index is 13.9. The second-order valence-corrected chi connectivity index (χ2v) is 12.0. The maximum Gasteiger partial charge on any atom is 0.253 e. The van der Waals surface area contributed by atoms with Gasteiger partial charge in [-0.1, -0.05) is 72.8 Å². The van der Waals surface area contributed by atoms with Crippen LogP contribution in [0.4, 0.5) is 0 Å². The van der Waals surface area contributed by atoms with Crippen LogP contribution in [-0.2, 0) is 14.4 Å². The van der Waals surface area contributed by atoms with E-state index in [2.05, 4.69) is 17.6 Å². The van der Waals surface area contributed by atoms with Crippen molar-refractivity contribution in [2.75, 3.05) is 0 Å². The molecule has 0 aromatic heterocycles. The number of imide groups is 1. The van der Waals surface area contributed by atoms with Crippen LogP contribution in [0.25, 0.3) is 0 Å². The van der Waals surface area contributed by atoms with Crippen molar-refractivity contribution in [1.29, 1.82) is 0 Å². The van der Waals surface area contributed by atoms with Crippen molar-refractivity contribution in [2.45, 2.75) is 50.4 Å². The smallest absolute Gasteiger partial charge is 0.253 e. The van der Waals surface area contributed by atoms with E-state index >= 15 is 0 Å². The van der Waals surface area contributed by atoms with Crippen LogP contribution < -0.4 is 5.43 Å². The molecule has 4 atom stereocenters. The first-order valence-electron chi connectivity index (χ1n) is 13.5. The Kier molecular flexibility index (Phi) is 4.99. The lowest BCUT2D eigenvalue weighted by atomic mass is 9.49. The van der Waals surface area contributed by atoms with Crippen LogP contribution in [0, 0.1) is 35.0 Å². The Bertz CT molecular complexity index is 1130. The van der Waals surface area contributed by atoms with Crippen molar-refractivity contribution in [1.82, 2.24) is 10.4 Å². The number of carbonyl (C=O) groups excluding carboxylic acids is 3. The Morgan fingerprint density at radius 1 is 0.694 bits per heavy atom. The van der Waals surface area contributed by atoms with Crippen molar-refractivity contribution < 1.29 is 14.4 Å². The number of hydrogen-bond donors (Lipinski definition) is 1. The molecule has 1 N–H and O–H groups in total. The number of benzene rings is 2. The van der Waals surface area contributed by atoms with E-state index in [0.717, 1.165) is 35.4 Å². The monoisotopic (exact) mass is 480 g/mol. The van der Waals surface area contributed by atoms with Gasteiger partial charge in [0, 0.05) is 11.8 Å². The van der Waals surface area contributed by atoms with Crippen molar-refractivity contribution in [3.63, 3.8) is 0 Å². The van der Waals surface area contributed by atoms with E-state index < -0.39 is 17.3 Å². The van der Waals surface area contributed by atoms with Gasteiger partial charge in [-0.05, 0) is 67.4 Å². The van der Waals surface area contributed by atoms with E-state index in [1.165, 1.54) is 19.3 Å². The van der Waals surface area contributed by atoms with Gasteiger partial charge in [-0.3, -0.25) is 19.8 Å². The average Bonchev–Trinajstić information content (AvgIpc) is 3.14. The molecule has 4 bridgehead atoms. The van der Waals surface area contributed by atoms with Gasteiger partial charge >= 0.3 is 0 Å². The fourth-order valence-corrected chi connectivity index (χ4v) is 8.65. The normalized spacial score (nSPS) is 38.3. The molecule has 3 amide bonds. The zero-order valence-corrected chi connectivity index (χ0v) is 20.4. The number of rotatable bonds is 4. The molecule has 36 heavy (non-hydrogen) atoms. The van der Waals surface area contributed by atoms with Crippen LogP contribution in [0.5, 0.6) is 0 Å². The summed E-state index contributed by atoms with van der Waals surface area (Å²) in [7, 11) is 0. The summed E-state index contributed by atoms with van der Waals surface area (Å²) < 4.78 is 0. The van der Waals surface area contributed by atoms with Crippen LogP contribution in [0.2, 0.25) is 0 Å². The number of carbonyl (C=O) groups is 3. The highest BCUT2D eigenvalue weighted by Gasteiger charge is 2.59. The first-order chi connectivity index (χ1) is 17.5. The van der Waals surface area contributed by atoms with Crippen LogP contribution >= 0.6 is 0 Å². The topological polar surface area (TPSA) is 66.5 Å².